The number of furan rings is 1. The van der Waals surface area contributed by atoms with E-state index in [4.69, 9.17) is 4.42 Å². The molecule has 0 atom stereocenters. The number of nitrogens with zero attached hydrogens (tertiary/aromatic N) is 1. The molecule has 0 saturated heterocycles. The lowest BCUT2D eigenvalue weighted by molar-refractivity contribution is 0.669. The van der Waals surface area contributed by atoms with Crippen LogP contribution in [0.2, 0.25) is 0 Å². The van der Waals surface area contributed by atoms with Crippen molar-refractivity contribution >= 4 is 70.5 Å². The van der Waals surface area contributed by atoms with Crippen molar-refractivity contribution in [3.63, 3.8) is 0 Å². The van der Waals surface area contributed by atoms with Crippen LogP contribution in [0.25, 0.3) is 75.5 Å². The van der Waals surface area contributed by atoms with E-state index in [2.05, 4.69) is 181 Å². The van der Waals surface area contributed by atoms with Crippen molar-refractivity contribution in [2.75, 3.05) is 4.90 Å². The maximum Gasteiger partial charge on any atom is 0.135 e. The SMILES string of the molecule is c1ccc(-c2ccccc2-c2ccc(N(c3ccc4oc5ccccc5c4c3)c3cccc4c3sc3c(-c5ccccc5)cccc34)cc2)cc1. The van der Waals surface area contributed by atoms with Crippen molar-refractivity contribution in [1.29, 1.82) is 0 Å². The summed E-state index contributed by atoms with van der Waals surface area (Å²) in [6.07, 6.45) is 0. The molecule has 0 unspecified atom stereocenters. The maximum absolute atomic E-state index is 6.26. The average Bonchev–Trinajstić information content (AvgIpc) is 3.78. The van der Waals surface area contributed by atoms with Crippen molar-refractivity contribution in [1.82, 2.24) is 0 Å². The largest absolute Gasteiger partial charge is 0.456 e. The first-order chi connectivity index (χ1) is 25.3. The summed E-state index contributed by atoms with van der Waals surface area (Å²) in [4.78, 5) is 2.41. The topological polar surface area (TPSA) is 16.4 Å². The van der Waals surface area contributed by atoms with Crippen LogP contribution in [-0.2, 0) is 0 Å². The molecule has 3 heteroatoms. The Kier molecular flexibility index (Phi) is 7.04. The van der Waals surface area contributed by atoms with E-state index >= 15 is 0 Å². The van der Waals surface area contributed by atoms with Crippen LogP contribution in [0, 0.1) is 0 Å². The molecule has 0 bridgehead atoms. The first-order valence-corrected chi connectivity index (χ1v) is 18.1. The smallest absolute Gasteiger partial charge is 0.135 e. The summed E-state index contributed by atoms with van der Waals surface area (Å²) in [6.45, 7) is 0. The van der Waals surface area contributed by atoms with E-state index in [0.29, 0.717) is 0 Å². The Balaban J connectivity index is 1.18. The van der Waals surface area contributed by atoms with Gasteiger partial charge >= 0.3 is 0 Å². The summed E-state index contributed by atoms with van der Waals surface area (Å²) in [6, 6.07) is 67.3. The lowest BCUT2D eigenvalue weighted by Crippen LogP contribution is -2.10. The standard InChI is InChI=1S/C48H31NOS/c1-3-13-32(14-4-1)37-17-7-8-18-38(37)34-25-27-35(28-26-34)49(36-29-30-46-43(31-36)40-19-9-10-24-45(40)50-46)44-23-12-22-42-41-21-11-20-39(47(41)51-48(42)44)33-15-5-2-6-16-33/h1-31H. The van der Waals surface area contributed by atoms with Gasteiger partial charge in [-0.1, -0.05) is 146 Å². The summed E-state index contributed by atoms with van der Waals surface area (Å²) < 4.78 is 8.82. The van der Waals surface area contributed by atoms with Crippen LogP contribution in [0.15, 0.2) is 192 Å². The van der Waals surface area contributed by atoms with Crippen LogP contribution >= 0.6 is 11.3 Å². The molecular formula is C48H31NOS. The molecule has 0 aliphatic rings. The third-order valence-corrected chi connectivity index (χ3v) is 11.2. The molecular weight excluding hydrogens is 639 g/mol. The van der Waals surface area contributed by atoms with Gasteiger partial charge in [0.2, 0.25) is 0 Å². The quantitative estimate of drug-likeness (QED) is 0.175. The number of para-hydroxylation sites is 1. The Labute approximate surface area is 300 Å². The molecule has 2 heterocycles. The zero-order chi connectivity index (χ0) is 33.7. The predicted octanol–water partition coefficient (Wildman–Crippen LogP) is 14.4. The first kappa shape index (κ1) is 29.5. The van der Waals surface area contributed by atoms with Gasteiger partial charge in [-0.3, -0.25) is 0 Å². The third kappa shape index (κ3) is 5.01. The normalized spacial score (nSPS) is 11.5. The van der Waals surface area contributed by atoms with Crippen molar-refractivity contribution in [2.24, 2.45) is 0 Å². The van der Waals surface area contributed by atoms with E-state index in [1.165, 1.54) is 53.6 Å². The van der Waals surface area contributed by atoms with Gasteiger partial charge in [-0.15, -0.1) is 11.3 Å². The van der Waals surface area contributed by atoms with Crippen LogP contribution in [0.5, 0.6) is 0 Å². The second kappa shape index (κ2) is 12.2. The molecule has 0 aliphatic carbocycles. The fraction of sp³-hybridized carbons (Fsp3) is 0. The van der Waals surface area contributed by atoms with Crippen molar-refractivity contribution in [3.8, 4) is 33.4 Å². The Hall–Kier alpha value is -6.42. The lowest BCUT2D eigenvalue weighted by Gasteiger charge is -2.26. The molecule has 0 amide bonds. The Morgan fingerprint density at radius 1 is 0.353 bits per heavy atom. The lowest BCUT2D eigenvalue weighted by atomic mass is 9.94. The molecule has 2 nitrogen and oxygen atoms in total. The zero-order valence-electron chi connectivity index (χ0n) is 27.7. The van der Waals surface area contributed by atoms with E-state index in [9.17, 15) is 0 Å². The molecule has 51 heavy (non-hydrogen) atoms. The molecule has 0 saturated carbocycles. The van der Waals surface area contributed by atoms with E-state index < -0.39 is 0 Å². The zero-order valence-corrected chi connectivity index (χ0v) is 28.5. The van der Waals surface area contributed by atoms with E-state index in [0.717, 1.165) is 39.0 Å². The van der Waals surface area contributed by atoms with Gasteiger partial charge in [-0.05, 0) is 75.8 Å². The summed E-state index contributed by atoms with van der Waals surface area (Å²) in [5.74, 6) is 0. The van der Waals surface area contributed by atoms with Gasteiger partial charge in [0, 0.05) is 37.6 Å². The maximum atomic E-state index is 6.26. The molecule has 0 fully saturated rings. The van der Waals surface area contributed by atoms with Gasteiger partial charge in [0.15, 0.2) is 0 Å². The van der Waals surface area contributed by atoms with Crippen molar-refractivity contribution < 1.29 is 4.42 Å². The molecule has 0 radical (unpaired) electrons. The molecule has 10 aromatic rings. The minimum Gasteiger partial charge on any atom is -0.456 e. The summed E-state index contributed by atoms with van der Waals surface area (Å²) in [5.41, 5.74) is 12.5. The first-order valence-electron chi connectivity index (χ1n) is 17.3. The number of thiophene rings is 1. The number of rotatable bonds is 6. The van der Waals surface area contributed by atoms with Gasteiger partial charge in [-0.2, -0.15) is 0 Å². The highest BCUT2D eigenvalue weighted by Crippen LogP contribution is 2.48. The number of hydrogen-bond acceptors (Lipinski definition) is 3. The van der Waals surface area contributed by atoms with Crippen molar-refractivity contribution in [3.05, 3.63) is 188 Å². The van der Waals surface area contributed by atoms with Crippen LogP contribution in [-0.4, -0.2) is 0 Å². The average molecular weight is 670 g/mol. The second-order valence-electron chi connectivity index (χ2n) is 12.9. The van der Waals surface area contributed by atoms with Crippen molar-refractivity contribution in [2.45, 2.75) is 0 Å². The highest BCUT2D eigenvalue weighted by atomic mass is 32.1. The summed E-state index contributed by atoms with van der Waals surface area (Å²) in [5, 5.41) is 4.77. The molecule has 0 spiro atoms. The number of benzene rings is 8. The fourth-order valence-corrected chi connectivity index (χ4v) is 8.84. The Morgan fingerprint density at radius 3 is 1.63 bits per heavy atom. The minimum absolute atomic E-state index is 0.889. The van der Waals surface area contributed by atoms with Crippen LogP contribution in [0.4, 0.5) is 17.1 Å². The predicted molar refractivity (Wildman–Crippen MR) is 218 cm³/mol. The molecule has 0 N–H and O–H groups in total. The highest BCUT2D eigenvalue weighted by molar-refractivity contribution is 7.27. The van der Waals surface area contributed by atoms with Gasteiger partial charge in [-0.25, -0.2) is 0 Å². The molecule has 0 aliphatic heterocycles. The monoisotopic (exact) mass is 669 g/mol. The van der Waals surface area contributed by atoms with Gasteiger partial charge < -0.3 is 9.32 Å². The molecule has 2 aromatic heterocycles. The summed E-state index contributed by atoms with van der Waals surface area (Å²) in [7, 11) is 0. The highest BCUT2D eigenvalue weighted by Gasteiger charge is 2.21. The molecule has 240 valence electrons. The van der Waals surface area contributed by atoms with Crippen LogP contribution in [0.3, 0.4) is 0 Å². The molecule has 10 rings (SSSR count). The Bertz CT molecular complexity index is 2850. The van der Waals surface area contributed by atoms with Gasteiger partial charge in [0.1, 0.15) is 11.2 Å². The second-order valence-corrected chi connectivity index (χ2v) is 13.9. The molecule has 8 aromatic carbocycles. The van der Waals surface area contributed by atoms with Crippen LogP contribution < -0.4 is 4.90 Å². The number of fused-ring (bicyclic) bond motifs is 6. The van der Waals surface area contributed by atoms with E-state index in [-0.39, 0.29) is 0 Å². The number of hydrogen-bond donors (Lipinski definition) is 0. The van der Waals surface area contributed by atoms with E-state index in [1.807, 2.05) is 23.5 Å². The fourth-order valence-electron chi connectivity index (χ4n) is 7.50. The van der Waals surface area contributed by atoms with Crippen LogP contribution in [0.1, 0.15) is 0 Å². The number of anilines is 3. The Morgan fingerprint density at radius 2 is 0.882 bits per heavy atom. The van der Waals surface area contributed by atoms with Gasteiger partial charge in [0.05, 0.1) is 10.4 Å². The van der Waals surface area contributed by atoms with Gasteiger partial charge in [0.25, 0.3) is 0 Å². The van der Waals surface area contributed by atoms with E-state index in [1.54, 1.807) is 0 Å². The summed E-state index contributed by atoms with van der Waals surface area (Å²) >= 11 is 1.87. The minimum atomic E-state index is 0.889. The third-order valence-electron chi connectivity index (χ3n) is 9.90.